The number of aromatic nitrogens is 1. The van der Waals surface area contributed by atoms with E-state index < -0.39 is 0 Å². The Bertz CT molecular complexity index is 483. The van der Waals surface area contributed by atoms with Crippen molar-refractivity contribution in [2.75, 3.05) is 0 Å². The molecule has 15 heavy (non-hydrogen) atoms. The molecule has 4 heteroatoms. The first-order valence-electron chi connectivity index (χ1n) is 4.49. The predicted molar refractivity (Wildman–Crippen MR) is 54.6 cm³/mol. The number of para-hydroxylation sites is 2. The topological polar surface area (TPSA) is 47.0 Å². The van der Waals surface area contributed by atoms with Gasteiger partial charge in [-0.05, 0) is 0 Å². The van der Waals surface area contributed by atoms with Crippen LogP contribution in [0.5, 0.6) is 0 Å². The van der Waals surface area contributed by atoms with Gasteiger partial charge in [0.2, 0.25) is 0 Å². The fraction of sp³-hybridized carbons (Fsp3) is 0. The number of nitro groups is 1. The van der Waals surface area contributed by atoms with Crippen LogP contribution in [0.4, 0.5) is 5.69 Å². The average molecular weight is 201 g/mol. The molecule has 0 aliphatic heterocycles. The van der Waals surface area contributed by atoms with E-state index in [4.69, 9.17) is 0 Å². The molecule has 1 heterocycles. The van der Waals surface area contributed by atoms with Gasteiger partial charge in [-0.2, -0.15) is 4.57 Å². The number of nitro benzene ring substituents is 1. The van der Waals surface area contributed by atoms with Crippen LogP contribution in [0.1, 0.15) is 0 Å². The second-order valence-corrected chi connectivity index (χ2v) is 3.03. The molecule has 0 saturated carbocycles. The number of nitrogens with zero attached hydrogens (tertiary/aromatic N) is 2. The maximum atomic E-state index is 10.8. The molecule has 1 aromatic heterocycles. The van der Waals surface area contributed by atoms with Gasteiger partial charge < -0.3 is 0 Å². The summed E-state index contributed by atoms with van der Waals surface area (Å²) in [5, 5.41) is 10.8. The van der Waals surface area contributed by atoms with Gasteiger partial charge in [-0.15, -0.1) is 0 Å². The van der Waals surface area contributed by atoms with Crippen molar-refractivity contribution in [3.05, 3.63) is 65.0 Å². The Labute approximate surface area is 86.6 Å². The molecule has 4 nitrogen and oxygen atoms in total. The summed E-state index contributed by atoms with van der Waals surface area (Å²) in [5.41, 5.74) is 0.678. The summed E-state index contributed by atoms with van der Waals surface area (Å²) in [6.45, 7) is 0. The first-order valence-corrected chi connectivity index (χ1v) is 4.49. The van der Waals surface area contributed by atoms with Crippen molar-refractivity contribution in [2.24, 2.45) is 0 Å². The molecule has 0 aliphatic carbocycles. The third kappa shape index (κ3) is 1.83. The number of pyridine rings is 1. The summed E-state index contributed by atoms with van der Waals surface area (Å²) >= 11 is 0. The lowest BCUT2D eigenvalue weighted by atomic mass is 10.2. The molecule has 2 aromatic rings. The molecule has 0 aliphatic rings. The fourth-order valence-corrected chi connectivity index (χ4v) is 1.40. The van der Waals surface area contributed by atoms with Gasteiger partial charge in [-0.1, -0.05) is 18.2 Å². The molecule has 0 saturated heterocycles. The van der Waals surface area contributed by atoms with Gasteiger partial charge in [-0.25, -0.2) is 0 Å². The molecule has 0 spiro atoms. The largest absolute Gasteiger partial charge is 0.340 e. The zero-order valence-corrected chi connectivity index (χ0v) is 7.91. The van der Waals surface area contributed by atoms with E-state index in [1.807, 2.05) is 18.2 Å². The smallest absolute Gasteiger partial charge is 0.258 e. The highest BCUT2D eigenvalue weighted by molar-refractivity contribution is 5.45. The number of rotatable bonds is 2. The highest BCUT2D eigenvalue weighted by atomic mass is 16.6. The van der Waals surface area contributed by atoms with Gasteiger partial charge in [0.1, 0.15) is 0 Å². The van der Waals surface area contributed by atoms with Gasteiger partial charge >= 0.3 is 5.69 Å². The van der Waals surface area contributed by atoms with Crippen LogP contribution in [0.2, 0.25) is 0 Å². The van der Waals surface area contributed by atoms with E-state index in [-0.39, 0.29) is 10.6 Å². The van der Waals surface area contributed by atoms with Crippen LogP contribution < -0.4 is 4.57 Å². The second-order valence-electron chi connectivity index (χ2n) is 3.03. The molecular weight excluding hydrogens is 192 g/mol. The Morgan fingerprint density at radius 3 is 2.33 bits per heavy atom. The maximum absolute atomic E-state index is 10.8. The average Bonchev–Trinajstić information content (AvgIpc) is 2.30. The van der Waals surface area contributed by atoms with E-state index in [0.29, 0.717) is 5.69 Å². The Morgan fingerprint density at radius 2 is 1.67 bits per heavy atom. The Balaban J connectivity index is 2.58. The number of hydrogen-bond acceptors (Lipinski definition) is 2. The molecule has 0 amide bonds. The van der Waals surface area contributed by atoms with E-state index in [9.17, 15) is 10.1 Å². The molecule has 0 atom stereocenters. The zero-order valence-electron chi connectivity index (χ0n) is 7.91. The third-order valence-electron chi connectivity index (χ3n) is 2.07. The number of benzene rings is 1. The van der Waals surface area contributed by atoms with Crippen LogP contribution in [0.3, 0.4) is 0 Å². The molecule has 0 radical (unpaired) electrons. The monoisotopic (exact) mass is 201 g/mol. The quantitative estimate of drug-likeness (QED) is 0.423. The lowest BCUT2D eigenvalue weighted by molar-refractivity contribution is -0.600. The van der Waals surface area contributed by atoms with E-state index in [0.717, 1.165) is 0 Å². The summed E-state index contributed by atoms with van der Waals surface area (Å²) in [4.78, 5) is 10.4. The Hall–Kier alpha value is -2.23. The van der Waals surface area contributed by atoms with E-state index >= 15 is 0 Å². The molecule has 1 aromatic carbocycles. The van der Waals surface area contributed by atoms with Crippen molar-refractivity contribution in [2.45, 2.75) is 0 Å². The van der Waals surface area contributed by atoms with Crippen LogP contribution in [0.25, 0.3) is 5.69 Å². The second kappa shape index (κ2) is 3.88. The minimum atomic E-state index is -0.380. The first kappa shape index (κ1) is 9.33. The lowest BCUT2D eigenvalue weighted by Gasteiger charge is -1.95. The molecule has 0 bridgehead atoms. The van der Waals surface area contributed by atoms with Crippen molar-refractivity contribution in [3.63, 3.8) is 0 Å². The van der Waals surface area contributed by atoms with Crippen LogP contribution in [0.15, 0.2) is 54.9 Å². The van der Waals surface area contributed by atoms with Gasteiger partial charge in [-0.3, -0.25) is 10.1 Å². The van der Waals surface area contributed by atoms with Crippen molar-refractivity contribution in [1.82, 2.24) is 0 Å². The summed E-state index contributed by atoms with van der Waals surface area (Å²) in [6.07, 6.45) is 3.56. The fourth-order valence-electron chi connectivity index (χ4n) is 1.40. The predicted octanol–water partition coefficient (Wildman–Crippen LogP) is 1.87. The summed E-state index contributed by atoms with van der Waals surface area (Å²) < 4.78 is 1.72. The van der Waals surface area contributed by atoms with Gasteiger partial charge in [0.15, 0.2) is 12.4 Å². The molecular formula is C11H9N2O2+. The Kier molecular flexibility index (Phi) is 2.41. The third-order valence-corrected chi connectivity index (χ3v) is 2.07. The van der Waals surface area contributed by atoms with Gasteiger partial charge in [0.05, 0.1) is 4.92 Å². The molecule has 0 fully saturated rings. The maximum Gasteiger partial charge on any atom is 0.340 e. The van der Waals surface area contributed by atoms with Crippen molar-refractivity contribution in [1.29, 1.82) is 0 Å². The Morgan fingerprint density at radius 1 is 1.00 bits per heavy atom. The van der Waals surface area contributed by atoms with Crippen LogP contribution in [-0.4, -0.2) is 4.92 Å². The van der Waals surface area contributed by atoms with Crippen LogP contribution >= 0.6 is 0 Å². The lowest BCUT2D eigenvalue weighted by Crippen LogP contribution is -2.29. The van der Waals surface area contributed by atoms with Crippen molar-refractivity contribution >= 4 is 5.69 Å². The summed E-state index contributed by atoms with van der Waals surface area (Å²) in [7, 11) is 0. The van der Waals surface area contributed by atoms with E-state index in [1.54, 1.807) is 35.2 Å². The highest BCUT2D eigenvalue weighted by Crippen LogP contribution is 2.16. The van der Waals surface area contributed by atoms with Gasteiger partial charge in [0, 0.05) is 24.3 Å². The summed E-state index contributed by atoms with van der Waals surface area (Å²) in [5.74, 6) is 0. The normalized spacial score (nSPS) is 9.87. The molecule has 2 rings (SSSR count). The molecule has 0 unspecified atom stereocenters. The van der Waals surface area contributed by atoms with Crippen molar-refractivity contribution in [3.8, 4) is 5.69 Å². The molecule has 74 valence electrons. The standard InChI is InChI=1S/C11H9N2O2/c14-13(15)11-7-3-2-6-10(11)12-8-4-1-5-9-12/h1-9H/q+1. The van der Waals surface area contributed by atoms with Crippen LogP contribution in [0, 0.1) is 10.1 Å². The van der Waals surface area contributed by atoms with Crippen molar-refractivity contribution < 1.29 is 9.49 Å². The summed E-state index contributed by atoms with van der Waals surface area (Å²) in [6, 6.07) is 12.2. The highest BCUT2D eigenvalue weighted by Gasteiger charge is 2.19. The van der Waals surface area contributed by atoms with Gasteiger partial charge in [0.25, 0.3) is 5.69 Å². The minimum Gasteiger partial charge on any atom is -0.258 e. The SMILES string of the molecule is O=[N+]([O-])c1ccccc1-[n+]1ccccc1. The van der Waals surface area contributed by atoms with Crippen LogP contribution in [-0.2, 0) is 0 Å². The van der Waals surface area contributed by atoms with E-state index in [2.05, 4.69) is 0 Å². The first-order chi connectivity index (χ1) is 7.29. The van der Waals surface area contributed by atoms with E-state index in [1.165, 1.54) is 6.07 Å². The zero-order chi connectivity index (χ0) is 10.7. The molecule has 0 N–H and O–H groups in total. The minimum absolute atomic E-state index is 0.105. The number of hydrogen-bond donors (Lipinski definition) is 0.